The van der Waals surface area contributed by atoms with Crippen molar-refractivity contribution in [2.45, 2.75) is 18.4 Å². The number of para-hydroxylation sites is 1. The van der Waals surface area contributed by atoms with Crippen molar-refractivity contribution >= 4 is 32.4 Å². The molecule has 0 spiro atoms. The summed E-state index contributed by atoms with van der Waals surface area (Å²) >= 11 is 0. The van der Waals surface area contributed by atoms with Crippen molar-refractivity contribution in [1.82, 2.24) is 13.4 Å². The highest BCUT2D eigenvalue weighted by atomic mass is 32.2. The van der Waals surface area contributed by atoms with Gasteiger partial charge in [0.05, 0.1) is 10.4 Å². The second-order valence-corrected chi connectivity index (χ2v) is 10.6. The van der Waals surface area contributed by atoms with E-state index >= 15 is 0 Å². The van der Waals surface area contributed by atoms with Gasteiger partial charge >= 0.3 is 0 Å². The molecule has 0 aliphatic carbocycles. The molecule has 0 bridgehead atoms. The van der Waals surface area contributed by atoms with Crippen LogP contribution in [0.3, 0.4) is 0 Å². The molecule has 3 aromatic carbocycles. The van der Waals surface area contributed by atoms with Crippen LogP contribution in [-0.2, 0) is 16.6 Å². The van der Waals surface area contributed by atoms with Crippen LogP contribution in [0.5, 0.6) is 0 Å². The zero-order valence-electron chi connectivity index (χ0n) is 19.7. The predicted octanol–water partition coefficient (Wildman–Crippen LogP) is 6.11. The SMILES string of the molecule is Cc1ccc(S(=O)(=O)n2cc(-c3nc4ccccn4c3NCc3ccccc3)c3ccccc32)cc1. The first-order chi connectivity index (χ1) is 17.5. The van der Waals surface area contributed by atoms with Crippen LogP contribution < -0.4 is 5.32 Å². The molecular weight excluding hydrogens is 468 g/mol. The number of nitrogens with one attached hydrogen (secondary N) is 1. The first kappa shape index (κ1) is 22.1. The number of nitrogens with zero attached hydrogens (tertiary/aromatic N) is 3. The summed E-state index contributed by atoms with van der Waals surface area (Å²) in [6, 6.07) is 30.5. The van der Waals surface area contributed by atoms with Gasteiger partial charge in [0.25, 0.3) is 10.0 Å². The fourth-order valence-electron chi connectivity index (χ4n) is 4.50. The minimum atomic E-state index is -3.81. The molecule has 0 unspecified atom stereocenters. The molecule has 0 aliphatic rings. The summed E-state index contributed by atoms with van der Waals surface area (Å²) in [5.74, 6) is 0.810. The van der Waals surface area contributed by atoms with E-state index in [0.717, 1.165) is 33.5 Å². The fraction of sp³-hybridized carbons (Fsp3) is 0.0690. The molecule has 3 aromatic heterocycles. The third-order valence-electron chi connectivity index (χ3n) is 6.34. The van der Waals surface area contributed by atoms with Gasteiger partial charge in [0, 0.05) is 29.9 Å². The maximum Gasteiger partial charge on any atom is 0.268 e. The summed E-state index contributed by atoms with van der Waals surface area (Å²) in [7, 11) is -3.81. The maximum absolute atomic E-state index is 13.7. The van der Waals surface area contributed by atoms with Crippen LogP contribution in [0.1, 0.15) is 11.1 Å². The Bertz CT molecular complexity index is 1800. The molecule has 0 saturated carbocycles. The lowest BCUT2D eigenvalue weighted by molar-refractivity contribution is 0.589. The van der Waals surface area contributed by atoms with Crippen LogP contribution in [0.15, 0.2) is 114 Å². The summed E-state index contributed by atoms with van der Waals surface area (Å²) < 4.78 is 30.8. The summed E-state index contributed by atoms with van der Waals surface area (Å²) in [5, 5.41) is 4.36. The van der Waals surface area contributed by atoms with Crippen molar-refractivity contribution in [3.05, 3.63) is 121 Å². The van der Waals surface area contributed by atoms with E-state index in [9.17, 15) is 8.42 Å². The second-order valence-electron chi connectivity index (χ2n) is 8.75. The average Bonchev–Trinajstić information content (AvgIpc) is 3.47. The smallest absolute Gasteiger partial charge is 0.268 e. The van der Waals surface area contributed by atoms with Crippen molar-refractivity contribution in [3.8, 4) is 11.3 Å². The Balaban J connectivity index is 1.54. The lowest BCUT2D eigenvalue weighted by Gasteiger charge is -2.09. The van der Waals surface area contributed by atoms with Gasteiger partial charge in [0.15, 0.2) is 0 Å². The Morgan fingerprint density at radius 3 is 2.36 bits per heavy atom. The van der Waals surface area contributed by atoms with Gasteiger partial charge in [-0.25, -0.2) is 17.4 Å². The number of rotatable bonds is 6. The molecule has 6 rings (SSSR count). The molecule has 7 heteroatoms. The zero-order valence-corrected chi connectivity index (χ0v) is 20.5. The Labute approximate surface area is 209 Å². The summed E-state index contributed by atoms with van der Waals surface area (Å²) in [6.07, 6.45) is 3.65. The molecule has 0 atom stereocenters. The lowest BCUT2D eigenvalue weighted by atomic mass is 10.1. The topological polar surface area (TPSA) is 68.4 Å². The van der Waals surface area contributed by atoms with Crippen molar-refractivity contribution in [2.75, 3.05) is 5.32 Å². The number of hydrogen-bond donors (Lipinski definition) is 1. The van der Waals surface area contributed by atoms with Crippen LogP contribution in [0.25, 0.3) is 27.8 Å². The monoisotopic (exact) mass is 492 g/mol. The van der Waals surface area contributed by atoms with Crippen LogP contribution in [-0.4, -0.2) is 21.8 Å². The molecule has 0 fully saturated rings. The van der Waals surface area contributed by atoms with E-state index in [1.807, 2.05) is 90.3 Å². The van der Waals surface area contributed by atoms with Gasteiger partial charge in [0.1, 0.15) is 17.2 Å². The number of aryl methyl sites for hydroxylation is 1. The molecule has 178 valence electrons. The highest BCUT2D eigenvalue weighted by Gasteiger charge is 2.24. The fourth-order valence-corrected chi connectivity index (χ4v) is 5.86. The van der Waals surface area contributed by atoms with Gasteiger partial charge in [-0.05, 0) is 42.8 Å². The second kappa shape index (κ2) is 8.70. The Hall–Kier alpha value is -4.36. The molecular formula is C29H24N4O2S. The summed E-state index contributed by atoms with van der Waals surface area (Å²) in [4.78, 5) is 5.17. The lowest BCUT2D eigenvalue weighted by Crippen LogP contribution is -2.11. The number of imidazole rings is 1. The van der Waals surface area contributed by atoms with E-state index in [2.05, 4.69) is 17.4 Å². The van der Waals surface area contributed by atoms with Gasteiger partial charge in [-0.2, -0.15) is 0 Å². The first-order valence-electron chi connectivity index (χ1n) is 11.7. The van der Waals surface area contributed by atoms with Gasteiger partial charge in [-0.15, -0.1) is 0 Å². The molecule has 3 heterocycles. The van der Waals surface area contributed by atoms with Crippen molar-refractivity contribution in [2.24, 2.45) is 0 Å². The van der Waals surface area contributed by atoms with Crippen molar-refractivity contribution in [3.63, 3.8) is 0 Å². The maximum atomic E-state index is 13.7. The van der Waals surface area contributed by atoms with E-state index in [-0.39, 0.29) is 4.90 Å². The van der Waals surface area contributed by atoms with Crippen molar-refractivity contribution in [1.29, 1.82) is 0 Å². The molecule has 6 nitrogen and oxygen atoms in total. The molecule has 0 saturated heterocycles. The van der Waals surface area contributed by atoms with Crippen molar-refractivity contribution < 1.29 is 8.42 Å². The Morgan fingerprint density at radius 1 is 0.833 bits per heavy atom. The predicted molar refractivity (Wildman–Crippen MR) is 144 cm³/mol. The third-order valence-corrected chi connectivity index (χ3v) is 8.03. The highest BCUT2D eigenvalue weighted by molar-refractivity contribution is 7.90. The zero-order chi connectivity index (χ0) is 24.7. The standard InChI is InChI=1S/C29H24N4O2S/c1-21-14-16-23(17-15-21)36(34,35)33-20-25(24-11-5-6-12-26(24)33)28-29(30-19-22-9-3-2-4-10-22)32-18-8-7-13-27(32)31-28/h2-18,20,30H,19H2,1H3. The normalized spacial score (nSPS) is 11.8. The number of aromatic nitrogens is 3. The third kappa shape index (κ3) is 3.74. The molecule has 0 aliphatic heterocycles. The van der Waals surface area contributed by atoms with Crippen LogP contribution in [0, 0.1) is 6.92 Å². The van der Waals surface area contributed by atoms with Gasteiger partial charge < -0.3 is 5.32 Å². The number of hydrogen-bond acceptors (Lipinski definition) is 4. The van der Waals surface area contributed by atoms with Crippen LogP contribution in [0.4, 0.5) is 5.82 Å². The first-order valence-corrected chi connectivity index (χ1v) is 13.1. The summed E-state index contributed by atoms with van der Waals surface area (Å²) in [6.45, 7) is 2.55. The van der Waals surface area contributed by atoms with Gasteiger partial charge in [0.2, 0.25) is 0 Å². The average molecular weight is 493 g/mol. The molecule has 0 amide bonds. The quantitative estimate of drug-likeness (QED) is 0.304. The minimum absolute atomic E-state index is 0.248. The van der Waals surface area contributed by atoms with Gasteiger partial charge in [-0.1, -0.05) is 72.3 Å². The molecule has 6 aromatic rings. The summed E-state index contributed by atoms with van der Waals surface area (Å²) in [5.41, 5.74) is 4.98. The number of anilines is 1. The van der Waals surface area contributed by atoms with E-state index in [0.29, 0.717) is 17.8 Å². The Kier molecular flexibility index (Phi) is 5.34. The largest absolute Gasteiger partial charge is 0.365 e. The molecule has 36 heavy (non-hydrogen) atoms. The minimum Gasteiger partial charge on any atom is -0.365 e. The highest BCUT2D eigenvalue weighted by Crippen LogP contribution is 2.37. The van der Waals surface area contributed by atoms with E-state index in [4.69, 9.17) is 4.98 Å². The van der Waals surface area contributed by atoms with E-state index in [1.54, 1.807) is 18.3 Å². The number of fused-ring (bicyclic) bond motifs is 2. The number of pyridine rings is 1. The molecule has 0 radical (unpaired) electrons. The van der Waals surface area contributed by atoms with Crippen LogP contribution >= 0.6 is 0 Å². The van der Waals surface area contributed by atoms with E-state index < -0.39 is 10.0 Å². The Morgan fingerprint density at radius 2 is 1.56 bits per heavy atom. The number of benzene rings is 3. The van der Waals surface area contributed by atoms with Crippen LogP contribution in [0.2, 0.25) is 0 Å². The van der Waals surface area contributed by atoms with E-state index in [1.165, 1.54) is 3.97 Å². The molecule has 1 N–H and O–H groups in total. The van der Waals surface area contributed by atoms with Gasteiger partial charge in [-0.3, -0.25) is 4.40 Å².